The molecule has 1 saturated carbocycles. The Labute approximate surface area is 75.8 Å². The fourth-order valence-electron chi connectivity index (χ4n) is 1.53. The fraction of sp³-hybridized carbons (Fsp3) is 0.400. The molecule has 1 fully saturated rings. The van der Waals surface area contributed by atoms with Gasteiger partial charge in [0.05, 0.1) is 0 Å². The molecule has 0 aromatic heterocycles. The predicted octanol–water partition coefficient (Wildman–Crippen LogP) is 3.57. The summed E-state index contributed by atoms with van der Waals surface area (Å²) >= 11 is 3.56. The van der Waals surface area contributed by atoms with Crippen LogP contribution in [-0.2, 0) is 0 Å². The van der Waals surface area contributed by atoms with E-state index < -0.39 is 0 Å². The molecule has 0 radical (unpaired) electrons. The van der Waals surface area contributed by atoms with Gasteiger partial charge >= 0.3 is 0 Å². The molecular formula is C10H11Br. The minimum atomic E-state index is 0.825. The van der Waals surface area contributed by atoms with Gasteiger partial charge in [-0.15, -0.1) is 0 Å². The molecule has 11 heavy (non-hydrogen) atoms. The van der Waals surface area contributed by atoms with E-state index >= 15 is 0 Å². The average molecular weight is 211 g/mol. The molecule has 1 aromatic carbocycles. The average Bonchev–Trinajstić information content (AvgIpc) is 2.68. The third-order valence-electron chi connectivity index (χ3n) is 2.41. The van der Waals surface area contributed by atoms with Crippen LogP contribution in [0.15, 0.2) is 28.7 Å². The molecule has 0 spiro atoms. The van der Waals surface area contributed by atoms with Gasteiger partial charge in [-0.2, -0.15) is 0 Å². The van der Waals surface area contributed by atoms with Crippen LogP contribution in [0.5, 0.6) is 0 Å². The monoisotopic (exact) mass is 210 g/mol. The molecule has 1 aromatic rings. The van der Waals surface area contributed by atoms with Crippen LogP contribution in [0.25, 0.3) is 0 Å². The van der Waals surface area contributed by atoms with Crippen molar-refractivity contribution >= 4 is 15.9 Å². The van der Waals surface area contributed by atoms with Gasteiger partial charge < -0.3 is 0 Å². The maximum absolute atomic E-state index is 3.56. The van der Waals surface area contributed by atoms with E-state index in [-0.39, 0.29) is 0 Å². The van der Waals surface area contributed by atoms with E-state index in [9.17, 15) is 0 Å². The topological polar surface area (TPSA) is 0 Å². The lowest BCUT2D eigenvalue weighted by molar-refractivity contribution is 0.911. The van der Waals surface area contributed by atoms with Crippen molar-refractivity contribution in [2.24, 2.45) is 5.92 Å². The zero-order chi connectivity index (χ0) is 7.84. The summed E-state index contributed by atoms with van der Waals surface area (Å²) in [5, 5.41) is 0. The van der Waals surface area contributed by atoms with Crippen LogP contribution in [0.3, 0.4) is 0 Å². The first-order valence-electron chi connectivity index (χ1n) is 4.03. The van der Waals surface area contributed by atoms with Gasteiger partial charge in [0, 0.05) is 4.47 Å². The zero-order valence-electron chi connectivity index (χ0n) is 6.55. The molecule has 0 bridgehead atoms. The summed E-state index contributed by atoms with van der Waals surface area (Å²) in [5.41, 5.74) is 1.49. The Morgan fingerprint density at radius 2 is 2.00 bits per heavy atom. The van der Waals surface area contributed by atoms with Gasteiger partial charge in [0.25, 0.3) is 0 Å². The summed E-state index contributed by atoms with van der Waals surface area (Å²) in [6, 6.07) is 8.53. The Morgan fingerprint density at radius 3 is 2.55 bits per heavy atom. The van der Waals surface area contributed by atoms with Crippen molar-refractivity contribution in [2.75, 3.05) is 0 Å². The predicted molar refractivity (Wildman–Crippen MR) is 50.7 cm³/mol. The third-order valence-corrected chi connectivity index (χ3v) is 3.14. The summed E-state index contributed by atoms with van der Waals surface area (Å²) < 4.78 is 1.27. The maximum Gasteiger partial charge on any atom is 0.0210 e. The molecule has 0 amide bonds. The van der Waals surface area contributed by atoms with Gasteiger partial charge in [0.2, 0.25) is 0 Å². The van der Waals surface area contributed by atoms with Crippen LogP contribution in [-0.4, -0.2) is 0 Å². The van der Waals surface area contributed by atoms with Crippen LogP contribution < -0.4 is 0 Å². The smallest absolute Gasteiger partial charge is 0.0210 e. The van der Waals surface area contributed by atoms with E-state index in [1.165, 1.54) is 16.5 Å². The molecule has 0 saturated heterocycles. The Bertz CT molecular complexity index is 267. The van der Waals surface area contributed by atoms with Crippen LogP contribution in [0.2, 0.25) is 0 Å². The van der Waals surface area contributed by atoms with Crippen LogP contribution in [0.1, 0.15) is 24.8 Å². The molecule has 0 heterocycles. The number of benzene rings is 1. The first kappa shape index (κ1) is 7.35. The lowest BCUT2D eigenvalue weighted by Gasteiger charge is -2.00. The maximum atomic E-state index is 3.56. The molecule has 0 aliphatic heterocycles. The molecule has 0 nitrogen and oxygen atoms in total. The molecule has 2 rings (SSSR count). The Balaban J connectivity index is 2.31. The lowest BCUT2D eigenvalue weighted by atomic mass is 10.1. The molecule has 1 aliphatic rings. The molecule has 0 unspecified atom stereocenters. The summed E-state index contributed by atoms with van der Waals surface area (Å²) in [7, 11) is 0. The quantitative estimate of drug-likeness (QED) is 0.666. The van der Waals surface area contributed by atoms with Gasteiger partial charge in [-0.3, -0.25) is 0 Å². The fourth-order valence-corrected chi connectivity index (χ4v) is 2.11. The van der Waals surface area contributed by atoms with Crippen LogP contribution >= 0.6 is 15.9 Å². The van der Waals surface area contributed by atoms with Crippen molar-refractivity contribution in [3.8, 4) is 0 Å². The highest BCUT2D eigenvalue weighted by Gasteiger charge is 2.34. The van der Waals surface area contributed by atoms with Crippen molar-refractivity contribution in [3.63, 3.8) is 0 Å². The second-order valence-electron chi connectivity index (χ2n) is 3.34. The highest BCUT2D eigenvalue weighted by molar-refractivity contribution is 9.10. The van der Waals surface area contributed by atoms with Crippen molar-refractivity contribution in [3.05, 3.63) is 34.3 Å². The molecule has 0 N–H and O–H groups in total. The van der Waals surface area contributed by atoms with E-state index in [2.05, 4.69) is 47.1 Å². The molecule has 2 atom stereocenters. The van der Waals surface area contributed by atoms with Gasteiger partial charge in [-0.05, 0) is 29.9 Å². The van der Waals surface area contributed by atoms with Crippen LogP contribution in [0, 0.1) is 5.92 Å². The van der Waals surface area contributed by atoms with Crippen molar-refractivity contribution < 1.29 is 0 Å². The summed E-state index contributed by atoms with van der Waals surface area (Å²) in [5.74, 6) is 1.72. The molecule has 1 heteroatoms. The summed E-state index contributed by atoms with van der Waals surface area (Å²) in [4.78, 5) is 0. The largest absolute Gasteiger partial charge is 0.0619 e. The highest BCUT2D eigenvalue weighted by atomic mass is 79.9. The number of halogens is 1. The van der Waals surface area contributed by atoms with Crippen molar-refractivity contribution in [1.29, 1.82) is 0 Å². The second kappa shape index (κ2) is 2.63. The summed E-state index contributed by atoms with van der Waals surface area (Å²) in [6.45, 7) is 2.31. The van der Waals surface area contributed by atoms with E-state index in [0.29, 0.717) is 0 Å². The zero-order valence-corrected chi connectivity index (χ0v) is 8.14. The first-order valence-corrected chi connectivity index (χ1v) is 4.83. The van der Waals surface area contributed by atoms with Crippen molar-refractivity contribution in [2.45, 2.75) is 19.3 Å². The number of hydrogen-bond donors (Lipinski definition) is 0. The normalized spacial score (nSPS) is 28.5. The Kier molecular flexibility index (Phi) is 1.76. The third kappa shape index (κ3) is 1.34. The van der Waals surface area contributed by atoms with Gasteiger partial charge in [0.15, 0.2) is 0 Å². The van der Waals surface area contributed by atoms with Gasteiger partial charge in [-0.1, -0.05) is 41.1 Å². The first-order chi connectivity index (χ1) is 5.29. The molecule has 1 aliphatic carbocycles. The van der Waals surface area contributed by atoms with Crippen molar-refractivity contribution in [1.82, 2.24) is 0 Å². The second-order valence-corrected chi connectivity index (χ2v) is 4.20. The van der Waals surface area contributed by atoms with Gasteiger partial charge in [-0.25, -0.2) is 0 Å². The Hall–Kier alpha value is -0.300. The lowest BCUT2D eigenvalue weighted by Crippen LogP contribution is -1.81. The van der Waals surface area contributed by atoms with Crippen LogP contribution in [0.4, 0.5) is 0 Å². The van der Waals surface area contributed by atoms with E-state index in [1.807, 2.05) is 0 Å². The molecule has 58 valence electrons. The van der Waals surface area contributed by atoms with Gasteiger partial charge in [0.1, 0.15) is 0 Å². The van der Waals surface area contributed by atoms with E-state index in [4.69, 9.17) is 0 Å². The minimum Gasteiger partial charge on any atom is -0.0619 e. The summed E-state index contributed by atoms with van der Waals surface area (Å²) in [6.07, 6.45) is 1.36. The van der Waals surface area contributed by atoms with E-state index in [0.717, 1.165) is 11.8 Å². The standard InChI is InChI=1S/C10H11Br/c1-7-6-9(7)8-4-2-3-5-10(8)11/h2-5,7,9H,6H2,1H3/t7-,9-/m1/s1. The SMILES string of the molecule is C[C@@H]1C[C@H]1c1ccccc1Br. The van der Waals surface area contributed by atoms with E-state index in [1.54, 1.807) is 0 Å². The Morgan fingerprint density at radius 1 is 1.36 bits per heavy atom. The number of rotatable bonds is 1. The highest BCUT2D eigenvalue weighted by Crippen LogP contribution is 2.48. The number of hydrogen-bond acceptors (Lipinski definition) is 0. The molecular weight excluding hydrogens is 200 g/mol. The minimum absolute atomic E-state index is 0.825.